The number of para-hydroxylation sites is 1. The number of nitrogens with one attached hydrogen (secondary N) is 1. The van der Waals surface area contributed by atoms with E-state index in [0.717, 1.165) is 16.3 Å². The Kier molecular flexibility index (Phi) is 5.82. The summed E-state index contributed by atoms with van der Waals surface area (Å²) >= 11 is 2.93. The largest absolute Gasteiger partial charge is 0.324 e. The Morgan fingerprint density at radius 2 is 2.24 bits per heavy atom. The Morgan fingerprint density at radius 1 is 1.43 bits per heavy atom. The van der Waals surface area contributed by atoms with Gasteiger partial charge in [-0.2, -0.15) is 0 Å². The summed E-state index contributed by atoms with van der Waals surface area (Å²) in [7, 11) is 1.74. The first-order valence-corrected chi connectivity index (χ1v) is 8.15. The van der Waals surface area contributed by atoms with Crippen molar-refractivity contribution >= 4 is 35.1 Å². The number of carbonyl (C=O) groups is 1. The number of aromatic nitrogens is 4. The summed E-state index contributed by atoms with van der Waals surface area (Å²) in [6, 6.07) is 7.70. The van der Waals surface area contributed by atoms with Gasteiger partial charge < -0.3 is 5.32 Å². The molecule has 0 bridgehead atoms. The average Bonchev–Trinajstić information content (AvgIpc) is 2.89. The molecule has 1 N–H and O–H groups in total. The lowest BCUT2D eigenvalue weighted by atomic mass is 10.3. The van der Waals surface area contributed by atoms with Crippen molar-refractivity contribution in [2.24, 2.45) is 7.05 Å². The normalized spacial score (nSPS) is 10.3. The first kappa shape index (κ1) is 15.6. The van der Waals surface area contributed by atoms with E-state index in [1.807, 2.05) is 30.3 Å². The van der Waals surface area contributed by atoms with E-state index in [4.69, 9.17) is 0 Å². The summed E-state index contributed by atoms with van der Waals surface area (Å²) < 4.78 is 1.53. The highest BCUT2D eigenvalue weighted by molar-refractivity contribution is 8.00. The molecule has 21 heavy (non-hydrogen) atoms. The molecule has 0 fully saturated rings. The Balaban J connectivity index is 1.93. The molecule has 0 saturated carbocycles. The van der Waals surface area contributed by atoms with Crippen LogP contribution in [0, 0.1) is 0 Å². The van der Waals surface area contributed by atoms with Crippen LogP contribution in [0.3, 0.4) is 0 Å². The van der Waals surface area contributed by atoms with Gasteiger partial charge in [-0.3, -0.25) is 4.79 Å². The zero-order valence-corrected chi connectivity index (χ0v) is 13.2. The Morgan fingerprint density at radius 3 is 2.95 bits per heavy atom. The van der Waals surface area contributed by atoms with Crippen LogP contribution in [0.4, 0.5) is 5.69 Å². The number of hydrogen-bond donors (Lipinski definition) is 1. The van der Waals surface area contributed by atoms with Crippen molar-refractivity contribution in [1.82, 2.24) is 20.2 Å². The maximum atomic E-state index is 12.0. The smallest absolute Gasteiger partial charge is 0.234 e. The number of aryl methyl sites for hydroxylation is 1. The molecule has 0 spiro atoms. The maximum absolute atomic E-state index is 12.0. The van der Waals surface area contributed by atoms with E-state index in [1.165, 1.54) is 16.4 Å². The van der Waals surface area contributed by atoms with Crippen LogP contribution >= 0.6 is 23.5 Å². The van der Waals surface area contributed by atoms with Crippen molar-refractivity contribution in [3.8, 4) is 0 Å². The van der Waals surface area contributed by atoms with Gasteiger partial charge in [0.2, 0.25) is 11.1 Å². The van der Waals surface area contributed by atoms with Crippen molar-refractivity contribution in [2.75, 3.05) is 16.8 Å². The van der Waals surface area contributed by atoms with Gasteiger partial charge in [0.15, 0.2) is 0 Å². The van der Waals surface area contributed by atoms with Gasteiger partial charge in [-0.25, -0.2) is 4.68 Å². The Hall–Kier alpha value is -1.80. The van der Waals surface area contributed by atoms with E-state index in [-0.39, 0.29) is 11.7 Å². The molecule has 1 aromatic carbocycles. The average molecular weight is 321 g/mol. The molecule has 2 rings (SSSR count). The van der Waals surface area contributed by atoms with Gasteiger partial charge in [-0.05, 0) is 22.6 Å². The molecule has 6 nitrogen and oxygen atoms in total. The first-order chi connectivity index (χ1) is 10.2. The Labute approximate surface area is 131 Å². The second-order valence-electron chi connectivity index (χ2n) is 4.02. The third-order valence-corrected chi connectivity index (χ3v) is 4.51. The van der Waals surface area contributed by atoms with Gasteiger partial charge in [0.25, 0.3) is 0 Å². The number of nitrogens with zero attached hydrogens (tertiary/aromatic N) is 4. The number of hydrogen-bond acceptors (Lipinski definition) is 6. The zero-order valence-electron chi connectivity index (χ0n) is 11.5. The molecular formula is C13H15N5OS2. The molecule has 0 atom stereocenters. The maximum Gasteiger partial charge on any atom is 0.234 e. The molecule has 0 radical (unpaired) electrons. The van der Waals surface area contributed by atoms with Gasteiger partial charge in [0.05, 0.1) is 11.4 Å². The molecule has 8 heteroatoms. The van der Waals surface area contributed by atoms with Crippen molar-refractivity contribution in [2.45, 2.75) is 10.1 Å². The molecule has 0 unspecified atom stereocenters. The summed E-state index contributed by atoms with van der Waals surface area (Å²) in [6.07, 6.45) is 1.83. The number of anilines is 1. The molecule has 0 saturated heterocycles. The zero-order chi connectivity index (χ0) is 15.1. The van der Waals surface area contributed by atoms with Crippen LogP contribution < -0.4 is 5.32 Å². The van der Waals surface area contributed by atoms with Crippen molar-refractivity contribution in [3.63, 3.8) is 0 Å². The lowest BCUT2D eigenvalue weighted by molar-refractivity contribution is -0.113. The van der Waals surface area contributed by atoms with Gasteiger partial charge >= 0.3 is 0 Å². The third-order valence-electron chi connectivity index (χ3n) is 2.43. The second-order valence-corrected chi connectivity index (χ2v) is 6.02. The van der Waals surface area contributed by atoms with Crippen LogP contribution in [-0.2, 0) is 11.8 Å². The number of rotatable bonds is 7. The summed E-state index contributed by atoms with van der Waals surface area (Å²) in [5, 5.41) is 14.6. The predicted molar refractivity (Wildman–Crippen MR) is 85.5 cm³/mol. The van der Waals surface area contributed by atoms with Crippen molar-refractivity contribution in [3.05, 3.63) is 36.9 Å². The molecule has 2 aromatic rings. The number of thioether (sulfide) groups is 2. The van der Waals surface area contributed by atoms with Crippen molar-refractivity contribution < 1.29 is 4.79 Å². The molecular weight excluding hydrogens is 306 g/mol. The van der Waals surface area contributed by atoms with Gasteiger partial charge in [-0.15, -0.1) is 23.4 Å². The van der Waals surface area contributed by atoms with Gasteiger partial charge in [0.1, 0.15) is 0 Å². The van der Waals surface area contributed by atoms with E-state index in [9.17, 15) is 4.79 Å². The molecule has 110 valence electrons. The van der Waals surface area contributed by atoms with E-state index < -0.39 is 0 Å². The number of benzene rings is 1. The highest BCUT2D eigenvalue weighted by Gasteiger charge is 2.10. The fourth-order valence-corrected chi connectivity index (χ4v) is 2.90. The summed E-state index contributed by atoms with van der Waals surface area (Å²) in [6.45, 7) is 3.70. The van der Waals surface area contributed by atoms with Crippen LogP contribution in [0.5, 0.6) is 0 Å². The minimum atomic E-state index is -0.0883. The quantitative estimate of drug-likeness (QED) is 0.623. The van der Waals surface area contributed by atoms with Crippen LogP contribution in [0.1, 0.15) is 0 Å². The van der Waals surface area contributed by atoms with Gasteiger partial charge in [0, 0.05) is 17.7 Å². The highest BCUT2D eigenvalue weighted by atomic mass is 32.2. The van der Waals surface area contributed by atoms with Crippen LogP contribution in [0.25, 0.3) is 0 Å². The molecule has 0 aliphatic heterocycles. The Bertz CT molecular complexity index is 629. The fraction of sp³-hybridized carbons (Fsp3) is 0.231. The number of tetrazole rings is 1. The van der Waals surface area contributed by atoms with E-state index in [1.54, 1.807) is 18.8 Å². The molecule has 1 aromatic heterocycles. The molecule has 1 heterocycles. The minimum absolute atomic E-state index is 0.0883. The van der Waals surface area contributed by atoms with Crippen LogP contribution in [0.2, 0.25) is 0 Å². The monoisotopic (exact) mass is 321 g/mol. The highest BCUT2D eigenvalue weighted by Crippen LogP contribution is 2.27. The van der Waals surface area contributed by atoms with Gasteiger partial charge in [-0.1, -0.05) is 30.0 Å². The summed E-state index contributed by atoms with van der Waals surface area (Å²) in [5.74, 6) is 0.968. The standard InChI is InChI=1S/C13H15N5OS2/c1-3-8-20-11-7-5-4-6-10(11)14-12(19)9-21-13-15-16-17-18(13)2/h3-7H,1,8-9H2,2H3,(H,14,19). The van der Waals surface area contributed by atoms with Crippen LogP contribution in [0.15, 0.2) is 47.0 Å². The molecule has 1 amide bonds. The van der Waals surface area contributed by atoms with E-state index in [0.29, 0.717) is 5.16 Å². The van der Waals surface area contributed by atoms with Crippen LogP contribution in [-0.4, -0.2) is 37.6 Å². The first-order valence-electron chi connectivity index (χ1n) is 6.18. The second kappa shape index (κ2) is 7.84. The predicted octanol–water partition coefficient (Wildman–Crippen LogP) is 2.22. The summed E-state index contributed by atoms with van der Waals surface area (Å²) in [5.41, 5.74) is 0.811. The number of amides is 1. The van der Waals surface area contributed by atoms with E-state index in [2.05, 4.69) is 27.4 Å². The van der Waals surface area contributed by atoms with Crippen molar-refractivity contribution in [1.29, 1.82) is 0 Å². The topological polar surface area (TPSA) is 72.7 Å². The summed E-state index contributed by atoms with van der Waals surface area (Å²) in [4.78, 5) is 13.0. The lowest BCUT2D eigenvalue weighted by Crippen LogP contribution is -2.15. The third kappa shape index (κ3) is 4.61. The SMILES string of the molecule is C=CCSc1ccccc1NC(=O)CSc1nnnn1C. The molecule has 0 aliphatic rings. The minimum Gasteiger partial charge on any atom is -0.324 e. The van der Waals surface area contributed by atoms with E-state index >= 15 is 0 Å². The number of carbonyl (C=O) groups excluding carboxylic acids is 1. The fourth-order valence-electron chi connectivity index (χ4n) is 1.50. The lowest BCUT2D eigenvalue weighted by Gasteiger charge is -2.09. The molecule has 0 aliphatic carbocycles.